The first-order valence-electron chi connectivity index (χ1n) is 22.0. The molecule has 1 spiro atoms. The lowest BCUT2D eigenvalue weighted by molar-refractivity contribution is -0.138. The summed E-state index contributed by atoms with van der Waals surface area (Å²) in [5.74, 6) is -0.378. The number of alkyl halides is 3. The molecule has 7 rings (SSSR count). The number of imide groups is 1. The van der Waals surface area contributed by atoms with Gasteiger partial charge in [-0.05, 0) is 115 Å². The Kier molecular flexibility index (Phi) is 16.1. The lowest BCUT2D eigenvalue weighted by Crippen LogP contribution is -2.46. The van der Waals surface area contributed by atoms with E-state index in [2.05, 4.69) is 63.6 Å². The summed E-state index contributed by atoms with van der Waals surface area (Å²) in [6, 6.07) is 9.01. The number of hydrogen-bond acceptors (Lipinski definition) is 13. The maximum atomic E-state index is 13.6. The molecule has 2 amide bonds. The Morgan fingerprint density at radius 1 is 1.00 bits per heavy atom. The summed E-state index contributed by atoms with van der Waals surface area (Å²) in [6.07, 6.45) is 12.6. The number of aliphatic imine (C=N–C) groups is 1. The number of halogens is 3. The van der Waals surface area contributed by atoms with Gasteiger partial charge in [-0.15, -0.1) is 0 Å². The Morgan fingerprint density at radius 2 is 1.69 bits per heavy atom. The van der Waals surface area contributed by atoms with Crippen LogP contribution in [-0.4, -0.2) is 113 Å². The molecule has 1 aromatic carbocycles. The van der Waals surface area contributed by atoms with Gasteiger partial charge in [-0.1, -0.05) is 31.4 Å². The number of nitrogens with one attached hydrogen (secondary N) is 3. The minimum atomic E-state index is -4.65. The van der Waals surface area contributed by atoms with Gasteiger partial charge >= 0.3 is 6.18 Å². The molecule has 2 aromatic rings. The summed E-state index contributed by atoms with van der Waals surface area (Å²) < 4.78 is 46.8. The number of amides is 2. The van der Waals surface area contributed by atoms with Gasteiger partial charge in [0.25, 0.3) is 0 Å². The average molecular weight is 871 g/mol. The zero-order valence-electron chi connectivity index (χ0n) is 36.0. The van der Waals surface area contributed by atoms with Crippen molar-refractivity contribution in [2.24, 2.45) is 16.1 Å². The van der Waals surface area contributed by atoms with Crippen molar-refractivity contribution in [2.45, 2.75) is 127 Å². The molecule has 61 heavy (non-hydrogen) atoms. The van der Waals surface area contributed by atoms with E-state index in [9.17, 15) is 27.9 Å². The molecule has 0 bridgehead atoms. The second-order valence-corrected chi connectivity index (χ2v) is 19.1. The topological polar surface area (TPSA) is 164 Å². The Bertz CT molecular complexity index is 1830. The quantitative estimate of drug-likeness (QED) is 0.0946. The van der Waals surface area contributed by atoms with Crippen molar-refractivity contribution in [3.8, 4) is 0 Å². The number of nitrogens with two attached hydrogens (primary N) is 1. The number of rotatable bonds is 11. The summed E-state index contributed by atoms with van der Waals surface area (Å²) >= 11 is 1.68. The molecule has 1 unspecified atom stereocenters. The van der Waals surface area contributed by atoms with Crippen LogP contribution in [0.5, 0.6) is 0 Å². The smallest absolute Gasteiger partial charge is 0.404 e. The Balaban J connectivity index is 0.000000212. The standard InChI is InChI=1S/C23H36F3N7OS.C21H29N3O2/c1-22(2,34)15-28-13-16(12-27)20-19(23(24,25)26)14-29-21(31-20)30-17-8-10-33(11-9-17)35-32-18-6-4-3-5-7-18;1-23-11-7-21(8-12-23)9-13-24(14-10-21)17-4-2-3-16(15-17)18-5-6-19(25)22-20(18)26/h12-14,17-18,32,34H,3-11,15,27H2,1-2H3,(H,29,30,31);2-4,15,18H,5-14H2,1H3,(H,22,25,26)/b16-12+,28-13?;. The van der Waals surface area contributed by atoms with Gasteiger partial charge in [0.05, 0.1) is 23.8 Å². The molecular formula is C44H65F3N10O3S. The van der Waals surface area contributed by atoms with Crippen LogP contribution in [-0.2, 0) is 15.8 Å². The Morgan fingerprint density at radius 3 is 2.33 bits per heavy atom. The van der Waals surface area contributed by atoms with Crippen molar-refractivity contribution >= 4 is 47.4 Å². The van der Waals surface area contributed by atoms with Gasteiger partial charge in [0.1, 0.15) is 5.56 Å². The molecule has 1 saturated carbocycles. The fourth-order valence-electron chi connectivity index (χ4n) is 8.85. The molecule has 5 fully saturated rings. The van der Waals surface area contributed by atoms with Crippen molar-refractivity contribution in [3.63, 3.8) is 0 Å². The van der Waals surface area contributed by atoms with Crippen LogP contribution in [0.1, 0.15) is 120 Å². The Hall–Kier alpha value is -3.77. The minimum absolute atomic E-state index is 0.00651. The third kappa shape index (κ3) is 13.6. The van der Waals surface area contributed by atoms with E-state index in [0.29, 0.717) is 24.3 Å². The maximum Gasteiger partial charge on any atom is 0.419 e. The number of benzene rings is 1. The van der Waals surface area contributed by atoms with Crippen molar-refractivity contribution in [2.75, 3.05) is 63.1 Å². The van der Waals surface area contributed by atoms with E-state index in [1.165, 1.54) is 82.8 Å². The van der Waals surface area contributed by atoms with Gasteiger partial charge in [0, 0.05) is 86.7 Å². The fourth-order valence-corrected chi connectivity index (χ4v) is 9.78. The fraction of sp³-hybridized carbons (Fsp3) is 0.659. The molecule has 0 radical (unpaired) electrons. The molecule has 1 aliphatic carbocycles. The number of carbonyl (C=O) groups excluding carboxylic acids is 2. The molecule has 6 N–H and O–H groups in total. The van der Waals surface area contributed by atoms with Gasteiger partial charge in [-0.2, -0.15) is 13.2 Å². The monoisotopic (exact) mass is 870 g/mol. The summed E-state index contributed by atoms with van der Waals surface area (Å²) in [4.78, 5) is 40.6. The number of piperidine rings is 4. The predicted molar refractivity (Wildman–Crippen MR) is 237 cm³/mol. The molecule has 4 saturated heterocycles. The molecule has 4 aliphatic heterocycles. The number of anilines is 2. The van der Waals surface area contributed by atoms with Gasteiger partial charge in [0.2, 0.25) is 17.8 Å². The Labute approximate surface area is 363 Å². The number of aliphatic hydroxyl groups is 1. The van der Waals surface area contributed by atoms with E-state index in [0.717, 1.165) is 57.0 Å². The minimum Gasteiger partial charge on any atom is -0.404 e. The van der Waals surface area contributed by atoms with Crippen LogP contribution >= 0.6 is 12.1 Å². The van der Waals surface area contributed by atoms with Gasteiger partial charge in [-0.25, -0.2) is 19.0 Å². The molecule has 5 heterocycles. The van der Waals surface area contributed by atoms with Crippen molar-refractivity contribution in [1.29, 1.82) is 0 Å². The van der Waals surface area contributed by atoms with Crippen LogP contribution in [0.4, 0.5) is 24.8 Å². The SMILES string of the molecule is CC(C)(O)CN=C/C(=C\N)c1nc(NC2CCN(SNC3CCCCC3)CC2)ncc1C(F)(F)F.CN1CCC2(CC1)CCN(c1cccc(C3CCC(=O)NC3=O)c1)CC2. The first-order valence-corrected chi connectivity index (χ1v) is 22.8. The lowest BCUT2D eigenvalue weighted by Gasteiger charge is -2.47. The van der Waals surface area contributed by atoms with Crippen LogP contribution in [0, 0.1) is 5.41 Å². The number of aromatic nitrogens is 2. The van der Waals surface area contributed by atoms with E-state index in [-0.39, 0.29) is 47.5 Å². The van der Waals surface area contributed by atoms with E-state index < -0.39 is 17.3 Å². The molecular weight excluding hydrogens is 806 g/mol. The normalized spacial score (nSPS) is 22.9. The third-order valence-corrected chi connectivity index (χ3v) is 13.8. The number of allylic oxidation sites excluding steroid dienone is 1. The molecule has 17 heteroatoms. The van der Waals surface area contributed by atoms with Crippen molar-refractivity contribution < 1.29 is 27.9 Å². The number of hydrogen-bond donors (Lipinski definition) is 5. The first-order chi connectivity index (χ1) is 29.1. The zero-order valence-corrected chi connectivity index (χ0v) is 36.8. The molecule has 1 atom stereocenters. The van der Waals surface area contributed by atoms with Crippen LogP contribution in [0.3, 0.4) is 0 Å². The van der Waals surface area contributed by atoms with E-state index in [1.807, 2.05) is 12.1 Å². The highest BCUT2D eigenvalue weighted by atomic mass is 32.2. The summed E-state index contributed by atoms with van der Waals surface area (Å²) in [5.41, 5.74) is 5.99. The second kappa shape index (κ2) is 21.1. The van der Waals surface area contributed by atoms with Crippen LogP contribution in [0.15, 0.2) is 41.7 Å². The number of carbonyl (C=O) groups is 2. The van der Waals surface area contributed by atoms with E-state index in [4.69, 9.17) is 5.73 Å². The third-order valence-electron chi connectivity index (χ3n) is 12.7. The predicted octanol–water partition coefficient (Wildman–Crippen LogP) is 6.52. The largest absolute Gasteiger partial charge is 0.419 e. The van der Waals surface area contributed by atoms with Crippen LogP contribution in [0.25, 0.3) is 5.57 Å². The molecule has 336 valence electrons. The van der Waals surface area contributed by atoms with Crippen LogP contribution in [0.2, 0.25) is 0 Å². The van der Waals surface area contributed by atoms with Crippen LogP contribution < -0.4 is 26.0 Å². The van der Waals surface area contributed by atoms with Gasteiger partial charge in [-0.3, -0.25) is 19.9 Å². The lowest BCUT2D eigenvalue weighted by atomic mass is 9.71. The highest BCUT2D eigenvalue weighted by Crippen LogP contribution is 2.42. The zero-order chi connectivity index (χ0) is 43.6. The summed E-state index contributed by atoms with van der Waals surface area (Å²) in [7, 11) is 2.22. The van der Waals surface area contributed by atoms with Crippen molar-refractivity contribution in [3.05, 3.63) is 53.5 Å². The number of nitrogens with zero attached hydrogens (tertiary/aromatic N) is 6. The average Bonchev–Trinajstić information content (AvgIpc) is 3.23. The van der Waals surface area contributed by atoms with E-state index in [1.54, 1.807) is 26.0 Å². The first kappa shape index (κ1) is 46.7. The molecule has 5 aliphatic rings. The van der Waals surface area contributed by atoms with E-state index >= 15 is 0 Å². The molecule has 13 nitrogen and oxygen atoms in total. The highest BCUT2D eigenvalue weighted by molar-refractivity contribution is 7.95. The van der Waals surface area contributed by atoms with Gasteiger partial charge in [0.15, 0.2) is 0 Å². The summed E-state index contributed by atoms with van der Waals surface area (Å²) in [6.45, 7) is 9.48. The highest BCUT2D eigenvalue weighted by Gasteiger charge is 2.38. The van der Waals surface area contributed by atoms with Gasteiger partial charge < -0.3 is 26.0 Å². The molecule has 1 aromatic heterocycles. The number of likely N-dealkylation sites (tertiary alicyclic amines) is 1. The second-order valence-electron chi connectivity index (χ2n) is 18.1. The van der Waals surface area contributed by atoms with Crippen molar-refractivity contribution in [1.82, 2.24) is 29.2 Å². The summed E-state index contributed by atoms with van der Waals surface area (Å²) in [5, 5.41) is 15.5. The maximum absolute atomic E-state index is 13.6.